The van der Waals surface area contributed by atoms with E-state index in [1.807, 2.05) is 6.07 Å². The van der Waals surface area contributed by atoms with Crippen molar-refractivity contribution in [3.63, 3.8) is 0 Å². The van der Waals surface area contributed by atoms with Crippen LogP contribution in [0.4, 0.5) is 0 Å². The Labute approximate surface area is 188 Å². The second-order valence-corrected chi connectivity index (χ2v) is 6.89. The summed E-state index contributed by atoms with van der Waals surface area (Å²) in [6.07, 6.45) is 1.48. The summed E-state index contributed by atoms with van der Waals surface area (Å²) in [5.41, 5.74) is 5.70. The van der Waals surface area contributed by atoms with Crippen LogP contribution in [0.1, 0.15) is 22.8 Å². The molecule has 0 saturated heterocycles. The average Bonchev–Trinajstić information content (AvgIpc) is 3.49. The molecule has 0 bridgehead atoms. The zero-order chi connectivity index (χ0) is 23.2. The molecular weight excluding hydrogens is 428 g/mol. The van der Waals surface area contributed by atoms with Crippen LogP contribution in [0.5, 0.6) is 11.5 Å². The number of carbonyl (C=O) groups is 2. The molecule has 33 heavy (non-hydrogen) atoms. The molecule has 2 heterocycles. The lowest BCUT2D eigenvalue weighted by molar-refractivity contribution is -0.121. The van der Waals surface area contributed by atoms with Crippen LogP contribution >= 0.6 is 0 Å². The van der Waals surface area contributed by atoms with Crippen LogP contribution in [0.3, 0.4) is 0 Å². The van der Waals surface area contributed by atoms with Gasteiger partial charge in [-0.1, -0.05) is 23.4 Å². The fraction of sp³-hybridized carbons (Fsp3) is 0.136. The van der Waals surface area contributed by atoms with Crippen molar-refractivity contribution in [3.8, 4) is 28.6 Å². The number of para-hydroxylation sites is 1. The maximum Gasteiger partial charge on any atom is 0.294 e. The largest absolute Gasteiger partial charge is 0.504 e. The number of ether oxygens (including phenoxy) is 1. The highest BCUT2D eigenvalue weighted by Crippen LogP contribution is 2.20. The first-order valence-corrected chi connectivity index (χ1v) is 9.93. The maximum absolute atomic E-state index is 12.3. The molecule has 0 saturated carbocycles. The van der Waals surface area contributed by atoms with Crippen molar-refractivity contribution in [2.75, 3.05) is 7.11 Å². The van der Waals surface area contributed by atoms with Gasteiger partial charge in [-0.05, 0) is 36.4 Å². The number of benzene rings is 2. The third-order valence-electron chi connectivity index (χ3n) is 4.63. The first kappa shape index (κ1) is 21.6. The summed E-state index contributed by atoms with van der Waals surface area (Å²) < 4.78 is 11.7. The van der Waals surface area contributed by atoms with Gasteiger partial charge in [0.15, 0.2) is 11.4 Å². The number of hydrogen-bond donors (Lipinski definition) is 3. The second kappa shape index (κ2) is 9.64. The molecule has 168 valence electrons. The van der Waals surface area contributed by atoms with E-state index in [1.54, 1.807) is 55.6 Å². The number of amides is 2. The number of rotatable bonds is 7. The normalized spacial score (nSPS) is 10.6. The predicted octanol–water partition coefficient (Wildman–Crippen LogP) is 2.03. The van der Waals surface area contributed by atoms with Gasteiger partial charge in [0.1, 0.15) is 5.75 Å². The Hall–Kier alpha value is -4.67. The Morgan fingerprint density at radius 2 is 1.85 bits per heavy atom. The van der Waals surface area contributed by atoms with E-state index >= 15 is 0 Å². The second-order valence-electron chi connectivity index (χ2n) is 6.89. The number of aromatic nitrogens is 4. The molecule has 0 aliphatic carbocycles. The number of hydrazine groups is 1. The van der Waals surface area contributed by atoms with Gasteiger partial charge in [-0.3, -0.25) is 20.4 Å². The van der Waals surface area contributed by atoms with Crippen molar-refractivity contribution in [1.29, 1.82) is 0 Å². The monoisotopic (exact) mass is 448 g/mol. The standard InChI is InChI=1S/C22H20N6O5/c1-32-16-9-7-14(8-10-16)21-23-19(33-27-21)12-11-18(30)24-25-22(31)20-17(29)13-28(26-20)15-5-3-2-4-6-15/h2-10,13,29H,11-12H2,1H3,(H,24,30)(H,25,31). The lowest BCUT2D eigenvalue weighted by atomic mass is 10.2. The third-order valence-corrected chi connectivity index (χ3v) is 4.63. The van der Waals surface area contributed by atoms with E-state index in [1.165, 1.54) is 10.9 Å². The zero-order valence-corrected chi connectivity index (χ0v) is 17.6. The Bertz CT molecular complexity index is 1250. The number of nitrogens with zero attached hydrogens (tertiary/aromatic N) is 4. The molecule has 4 rings (SSSR count). The number of nitrogens with one attached hydrogen (secondary N) is 2. The molecule has 2 aromatic heterocycles. The molecule has 0 atom stereocenters. The van der Waals surface area contributed by atoms with Gasteiger partial charge in [-0.2, -0.15) is 10.1 Å². The Balaban J connectivity index is 1.28. The highest BCUT2D eigenvalue weighted by Gasteiger charge is 2.18. The van der Waals surface area contributed by atoms with Gasteiger partial charge in [0, 0.05) is 18.4 Å². The Kier molecular flexibility index (Phi) is 6.30. The van der Waals surface area contributed by atoms with E-state index in [-0.39, 0.29) is 30.2 Å². The van der Waals surface area contributed by atoms with E-state index in [0.29, 0.717) is 17.3 Å². The van der Waals surface area contributed by atoms with E-state index in [4.69, 9.17) is 9.26 Å². The van der Waals surface area contributed by atoms with Crippen molar-refractivity contribution in [3.05, 3.63) is 72.4 Å². The topological polar surface area (TPSA) is 144 Å². The van der Waals surface area contributed by atoms with Crippen molar-refractivity contribution >= 4 is 11.8 Å². The van der Waals surface area contributed by atoms with Gasteiger partial charge in [0.2, 0.25) is 17.6 Å². The molecule has 2 amide bonds. The first-order chi connectivity index (χ1) is 16.0. The highest BCUT2D eigenvalue weighted by atomic mass is 16.5. The Morgan fingerprint density at radius 1 is 1.09 bits per heavy atom. The van der Waals surface area contributed by atoms with Gasteiger partial charge in [0.05, 0.1) is 19.0 Å². The quantitative estimate of drug-likeness (QED) is 0.364. The summed E-state index contributed by atoms with van der Waals surface area (Å²) in [7, 11) is 1.58. The van der Waals surface area contributed by atoms with E-state index in [9.17, 15) is 14.7 Å². The summed E-state index contributed by atoms with van der Waals surface area (Å²) in [5.74, 6) is -0.166. The number of methoxy groups -OCH3 is 1. The third kappa shape index (κ3) is 5.15. The van der Waals surface area contributed by atoms with Gasteiger partial charge < -0.3 is 14.4 Å². The minimum Gasteiger partial charge on any atom is -0.504 e. The highest BCUT2D eigenvalue weighted by molar-refractivity contribution is 5.95. The summed E-state index contributed by atoms with van der Waals surface area (Å²) in [6, 6.07) is 16.1. The summed E-state index contributed by atoms with van der Waals surface area (Å²) in [5, 5.41) is 18.0. The summed E-state index contributed by atoms with van der Waals surface area (Å²) in [4.78, 5) is 28.6. The van der Waals surface area contributed by atoms with Gasteiger partial charge in [0.25, 0.3) is 5.91 Å². The minimum atomic E-state index is -0.755. The van der Waals surface area contributed by atoms with Gasteiger partial charge in [-0.25, -0.2) is 4.68 Å². The van der Waals surface area contributed by atoms with Crippen molar-refractivity contribution in [2.24, 2.45) is 0 Å². The Morgan fingerprint density at radius 3 is 2.58 bits per heavy atom. The number of aromatic hydroxyl groups is 1. The first-order valence-electron chi connectivity index (χ1n) is 9.93. The molecule has 0 radical (unpaired) electrons. The maximum atomic E-state index is 12.3. The SMILES string of the molecule is COc1ccc(-c2noc(CCC(=O)NNC(=O)c3nn(-c4ccccc4)cc3O)n2)cc1. The number of carbonyl (C=O) groups excluding carboxylic acids is 2. The average molecular weight is 448 g/mol. The molecule has 2 aromatic carbocycles. The molecule has 0 aliphatic heterocycles. The predicted molar refractivity (Wildman–Crippen MR) is 115 cm³/mol. The van der Waals surface area contributed by atoms with Crippen molar-refractivity contribution in [1.82, 2.24) is 30.8 Å². The van der Waals surface area contributed by atoms with E-state index < -0.39 is 11.8 Å². The fourth-order valence-corrected chi connectivity index (χ4v) is 2.92. The van der Waals surface area contributed by atoms with Crippen molar-refractivity contribution in [2.45, 2.75) is 12.8 Å². The molecule has 0 aliphatic rings. The van der Waals surface area contributed by atoms with Crippen LogP contribution in [-0.2, 0) is 11.2 Å². The molecule has 11 nitrogen and oxygen atoms in total. The van der Waals surface area contributed by atoms with Crippen LogP contribution in [0, 0.1) is 0 Å². The molecule has 0 fully saturated rings. The fourth-order valence-electron chi connectivity index (χ4n) is 2.92. The zero-order valence-electron chi connectivity index (χ0n) is 17.6. The van der Waals surface area contributed by atoms with Gasteiger partial charge in [-0.15, -0.1) is 0 Å². The molecule has 11 heteroatoms. The smallest absolute Gasteiger partial charge is 0.294 e. The van der Waals surface area contributed by atoms with Crippen LogP contribution in [0.2, 0.25) is 0 Å². The van der Waals surface area contributed by atoms with E-state index in [0.717, 1.165) is 5.56 Å². The molecule has 0 spiro atoms. The number of hydrogen-bond acceptors (Lipinski definition) is 8. The lowest BCUT2D eigenvalue weighted by Gasteiger charge is -2.05. The van der Waals surface area contributed by atoms with Gasteiger partial charge >= 0.3 is 0 Å². The summed E-state index contributed by atoms with van der Waals surface area (Å²) >= 11 is 0. The molecule has 4 aromatic rings. The molecule has 3 N–H and O–H groups in total. The van der Waals surface area contributed by atoms with Crippen LogP contribution in [0.15, 0.2) is 65.3 Å². The number of aryl methyl sites for hydroxylation is 1. The van der Waals surface area contributed by atoms with Crippen LogP contribution in [-0.4, -0.2) is 44.0 Å². The van der Waals surface area contributed by atoms with Crippen molar-refractivity contribution < 1.29 is 24.0 Å². The molecular formula is C22H20N6O5. The minimum absolute atomic E-state index is 0.00500. The summed E-state index contributed by atoms with van der Waals surface area (Å²) in [6.45, 7) is 0. The van der Waals surface area contributed by atoms with E-state index in [2.05, 4.69) is 26.1 Å². The molecule has 0 unspecified atom stereocenters. The lowest BCUT2D eigenvalue weighted by Crippen LogP contribution is -2.42. The van der Waals surface area contributed by atoms with Crippen LogP contribution < -0.4 is 15.6 Å². The van der Waals surface area contributed by atoms with Crippen LogP contribution in [0.25, 0.3) is 17.1 Å².